The molecule has 0 aromatic carbocycles. The lowest BCUT2D eigenvalue weighted by Crippen LogP contribution is -2.54. The lowest BCUT2D eigenvalue weighted by Gasteiger charge is -2.48. The zero-order valence-corrected chi connectivity index (χ0v) is 19.1. The summed E-state index contributed by atoms with van der Waals surface area (Å²) in [4.78, 5) is 20.7. The number of nitrogens with two attached hydrogens (primary N) is 3. The van der Waals surface area contributed by atoms with Gasteiger partial charge in [-0.3, -0.25) is 4.98 Å². The van der Waals surface area contributed by atoms with E-state index in [-0.39, 0.29) is 17.3 Å². The maximum Gasteiger partial charge on any atom is 0.158 e. The topological polar surface area (TPSA) is 133 Å². The van der Waals surface area contributed by atoms with Crippen LogP contribution in [0.3, 0.4) is 0 Å². The molecular formula is C22H25ClN8S. The third-order valence-corrected chi connectivity index (χ3v) is 8.23. The van der Waals surface area contributed by atoms with Gasteiger partial charge in [0.15, 0.2) is 5.82 Å². The summed E-state index contributed by atoms with van der Waals surface area (Å²) in [5.74, 6) is 1.43. The van der Waals surface area contributed by atoms with Gasteiger partial charge >= 0.3 is 0 Å². The van der Waals surface area contributed by atoms with Crippen LogP contribution in [0.2, 0.25) is 5.02 Å². The molecule has 1 unspecified atom stereocenters. The highest BCUT2D eigenvalue weighted by atomic mass is 35.5. The Morgan fingerprint density at radius 3 is 2.66 bits per heavy atom. The second-order valence-electron chi connectivity index (χ2n) is 8.48. The first kappa shape index (κ1) is 21.2. The van der Waals surface area contributed by atoms with Gasteiger partial charge in [0.05, 0.1) is 11.2 Å². The number of aromatic nitrogens is 4. The quantitative estimate of drug-likeness (QED) is 0.530. The van der Waals surface area contributed by atoms with Gasteiger partial charge in [0.1, 0.15) is 16.7 Å². The first-order valence-electron chi connectivity index (χ1n) is 10.6. The lowest BCUT2D eigenvalue weighted by atomic mass is 9.64. The minimum atomic E-state index is 0.110. The van der Waals surface area contributed by atoms with Crippen LogP contribution in [0.25, 0.3) is 0 Å². The summed E-state index contributed by atoms with van der Waals surface area (Å²) in [7, 11) is 0. The molecule has 0 bridgehead atoms. The standard InChI is InChI=1S/C22H25ClN8S/c23-18-15(3-7-28-19(18)25)32-21-20(26)30-17(12-29-21)31-8-4-22(5-9-31)11-13-2-1-6-27-14(13)10-16(22)24/h1-3,6-7,12,16H,4-5,8-11,24H2,(H2,25,28)(H2,26,30). The predicted octanol–water partition coefficient (Wildman–Crippen LogP) is 2.95. The normalized spacial score (nSPS) is 19.7. The van der Waals surface area contributed by atoms with Gasteiger partial charge in [-0.1, -0.05) is 29.4 Å². The highest BCUT2D eigenvalue weighted by Crippen LogP contribution is 2.43. The van der Waals surface area contributed by atoms with Crippen LogP contribution in [-0.2, 0) is 12.8 Å². The van der Waals surface area contributed by atoms with Gasteiger partial charge in [0.2, 0.25) is 0 Å². The number of halogens is 1. The molecule has 1 fully saturated rings. The molecule has 3 aromatic heterocycles. The number of nitrogens with zero attached hydrogens (tertiary/aromatic N) is 5. The molecule has 5 rings (SSSR count). The van der Waals surface area contributed by atoms with Gasteiger partial charge in [-0.2, -0.15) is 0 Å². The molecule has 0 saturated carbocycles. The Bertz CT molecular complexity index is 1150. The second-order valence-corrected chi connectivity index (χ2v) is 9.88. The van der Waals surface area contributed by atoms with Crippen molar-refractivity contribution >= 4 is 40.8 Å². The first-order chi connectivity index (χ1) is 15.4. The fraction of sp³-hybridized carbons (Fsp3) is 0.364. The molecule has 2 aliphatic rings. The van der Waals surface area contributed by atoms with E-state index in [1.165, 1.54) is 17.3 Å². The highest BCUT2D eigenvalue weighted by molar-refractivity contribution is 7.99. The van der Waals surface area contributed by atoms with Gasteiger partial charge in [0.25, 0.3) is 0 Å². The van der Waals surface area contributed by atoms with Crippen LogP contribution in [-0.4, -0.2) is 39.1 Å². The van der Waals surface area contributed by atoms with E-state index < -0.39 is 0 Å². The van der Waals surface area contributed by atoms with Crippen molar-refractivity contribution in [3.05, 3.63) is 53.1 Å². The fourth-order valence-corrected chi connectivity index (χ4v) is 5.73. The number of fused-ring (bicyclic) bond motifs is 1. The first-order valence-corrected chi connectivity index (χ1v) is 11.8. The Kier molecular flexibility index (Phi) is 5.56. The summed E-state index contributed by atoms with van der Waals surface area (Å²) in [5.41, 5.74) is 21.3. The van der Waals surface area contributed by atoms with Crippen molar-refractivity contribution in [2.45, 2.75) is 41.6 Å². The number of rotatable bonds is 3. The minimum Gasteiger partial charge on any atom is -0.382 e. The van der Waals surface area contributed by atoms with Crippen LogP contribution in [0.4, 0.5) is 17.5 Å². The molecular weight excluding hydrogens is 444 g/mol. The SMILES string of the molecule is Nc1nc(N2CCC3(CC2)Cc2cccnc2CC3N)cnc1Sc1ccnc(N)c1Cl. The van der Waals surface area contributed by atoms with Crippen molar-refractivity contribution in [3.63, 3.8) is 0 Å². The van der Waals surface area contributed by atoms with E-state index >= 15 is 0 Å². The average molecular weight is 469 g/mol. The van der Waals surface area contributed by atoms with Gasteiger partial charge in [-0.05, 0) is 42.4 Å². The van der Waals surface area contributed by atoms with Crippen LogP contribution >= 0.6 is 23.4 Å². The molecule has 1 aliphatic heterocycles. The predicted molar refractivity (Wildman–Crippen MR) is 128 cm³/mol. The van der Waals surface area contributed by atoms with Crippen molar-refractivity contribution in [1.29, 1.82) is 0 Å². The molecule has 4 heterocycles. The number of nitrogen functional groups attached to an aromatic ring is 2. The van der Waals surface area contributed by atoms with Crippen molar-refractivity contribution in [1.82, 2.24) is 19.9 Å². The molecule has 1 saturated heterocycles. The molecule has 1 atom stereocenters. The Morgan fingerprint density at radius 2 is 1.88 bits per heavy atom. The van der Waals surface area contributed by atoms with E-state index in [0.717, 1.165) is 55.2 Å². The highest BCUT2D eigenvalue weighted by Gasteiger charge is 2.43. The van der Waals surface area contributed by atoms with Crippen LogP contribution in [0.5, 0.6) is 0 Å². The molecule has 1 spiro atoms. The summed E-state index contributed by atoms with van der Waals surface area (Å²) in [6.07, 6.45) is 9.08. The molecule has 6 N–H and O–H groups in total. The van der Waals surface area contributed by atoms with Crippen molar-refractivity contribution in [2.75, 3.05) is 29.5 Å². The minimum absolute atomic E-state index is 0.110. The molecule has 0 radical (unpaired) electrons. The Morgan fingerprint density at radius 1 is 1.06 bits per heavy atom. The largest absolute Gasteiger partial charge is 0.382 e. The summed E-state index contributed by atoms with van der Waals surface area (Å²) >= 11 is 7.57. The van der Waals surface area contributed by atoms with Gasteiger partial charge in [-0.25, -0.2) is 15.0 Å². The molecule has 8 nitrogen and oxygen atoms in total. The lowest BCUT2D eigenvalue weighted by molar-refractivity contribution is 0.153. The van der Waals surface area contributed by atoms with Crippen LogP contribution in [0, 0.1) is 5.41 Å². The van der Waals surface area contributed by atoms with Gasteiger partial charge in [-0.15, -0.1) is 0 Å². The van der Waals surface area contributed by atoms with E-state index in [2.05, 4.69) is 30.9 Å². The van der Waals surface area contributed by atoms with Gasteiger partial charge in [0, 0.05) is 48.5 Å². The van der Waals surface area contributed by atoms with Crippen LogP contribution in [0.15, 0.2) is 46.7 Å². The molecule has 10 heteroatoms. The third-order valence-electron chi connectivity index (χ3n) is 6.65. The van der Waals surface area contributed by atoms with E-state index in [0.29, 0.717) is 15.9 Å². The Labute approximate surface area is 196 Å². The van der Waals surface area contributed by atoms with E-state index in [4.69, 9.17) is 28.8 Å². The number of anilines is 3. The molecule has 0 amide bonds. The number of hydrogen-bond acceptors (Lipinski definition) is 9. The van der Waals surface area contributed by atoms with E-state index in [1.54, 1.807) is 18.5 Å². The van der Waals surface area contributed by atoms with Crippen molar-refractivity contribution < 1.29 is 0 Å². The maximum absolute atomic E-state index is 6.65. The number of pyridine rings is 2. The monoisotopic (exact) mass is 468 g/mol. The summed E-state index contributed by atoms with van der Waals surface area (Å²) in [5, 5.41) is 0.984. The second kappa shape index (κ2) is 8.38. The number of piperidine rings is 1. The van der Waals surface area contributed by atoms with Crippen LogP contribution in [0.1, 0.15) is 24.1 Å². The fourth-order valence-electron chi connectivity index (χ4n) is 4.72. The third kappa shape index (κ3) is 3.85. The molecule has 32 heavy (non-hydrogen) atoms. The zero-order chi connectivity index (χ0) is 22.3. The zero-order valence-electron chi connectivity index (χ0n) is 17.5. The summed E-state index contributed by atoms with van der Waals surface area (Å²) < 4.78 is 0. The smallest absolute Gasteiger partial charge is 0.158 e. The molecule has 166 valence electrons. The Balaban J connectivity index is 1.29. The average Bonchev–Trinajstić information content (AvgIpc) is 2.79. The van der Waals surface area contributed by atoms with Gasteiger partial charge < -0.3 is 22.1 Å². The summed E-state index contributed by atoms with van der Waals surface area (Å²) in [6, 6.07) is 6.11. The van der Waals surface area contributed by atoms with Crippen molar-refractivity contribution in [3.8, 4) is 0 Å². The van der Waals surface area contributed by atoms with E-state index in [1.807, 2.05) is 12.3 Å². The summed E-state index contributed by atoms with van der Waals surface area (Å²) in [6.45, 7) is 1.74. The maximum atomic E-state index is 6.65. The Hall–Kier alpha value is -2.62. The number of hydrogen-bond donors (Lipinski definition) is 3. The molecule has 1 aliphatic carbocycles. The van der Waals surface area contributed by atoms with E-state index in [9.17, 15) is 0 Å². The van der Waals surface area contributed by atoms with Crippen molar-refractivity contribution in [2.24, 2.45) is 11.1 Å². The van der Waals surface area contributed by atoms with Crippen LogP contribution < -0.4 is 22.1 Å². The molecule has 3 aromatic rings.